The molecule has 3 atom stereocenters. The Balaban J connectivity index is 2.07. The Kier molecular flexibility index (Phi) is 4.18. The molecule has 0 amide bonds. The van der Waals surface area contributed by atoms with Crippen molar-refractivity contribution in [1.82, 2.24) is 9.80 Å². The zero-order valence-corrected chi connectivity index (χ0v) is 10.8. The molecule has 0 aromatic carbocycles. The monoisotopic (exact) mass is 265 g/mol. The Morgan fingerprint density at radius 2 is 1.89 bits per heavy atom. The molecule has 0 aromatic rings. The van der Waals surface area contributed by atoms with Crippen molar-refractivity contribution in [2.45, 2.75) is 50.0 Å². The summed E-state index contributed by atoms with van der Waals surface area (Å²) in [5, 5.41) is 0. The molecule has 3 nitrogen and oxygen atoms in total. The molecule has 2 aliphatic rings. The van der Waals surface area contributed by atoms with E-state index >= 15 is 0 Å². The standard InChI is InChI=1S/C12H22F3N3/c1-17-9-2-3-10(17)8-18(7-5-9)11(4-6-16)12(13,14)15/h9-11H,2-8,16H2,1H3. The van der Waals surface area contributed by atoms with E-state index in [4.69, 9.17) is 5.73 Å². The molecule has 0 radical (unpaired) electrons. The zero-order valence-electron chi connectivity index (χ0n) is 10.8. The van der Waals surface area contributed by atoms with Gasteiger partial charge < -0.3 is 5.73 Å². The van der Waals surface area contributed by atoms with Gasteiger partial charge in [-0.3, -0.25) is 9.80 Å². The van der Waals surface area contributed by atoms with E-state index in [0.717, 1.165) is 19.3 Å². The molecular formula is C12H22F3N3. The largest absolute Gasteiger partial charge is 0.404 e. The van der Waals surface area contributed by atoms with Crippen molar-refractivity contribution in [3.8, 4) is 0 Å². The zero-order chi connectivity index (χ0) is 13.3. The third kappa shape index (κ3) is 2.81. The Hall–Kier alpha value is -0.330. The lowest BCUT2D eigenvalue weighted by Gasteiger charge is -2.34. The van der Waals surface area contributed by atoms with Crippen molar-refractivity contribution in [2.24, 2.45) is 5.73 Å². The number of nitrogens with zero attached hydrogens (tertiary/aromatic N) is 2. The predicted octanol–water partition coefficient (Wildman–Crippen LogP) is 1.43. The quantitative estimate of drug-likeness (QED) is 0.838. The Morgan fingerprint density at radius 3 is 2.50 bits per heavy atom. The number of fused-ring (bicyclic) bond motifs is 2. The SMILES string of the molecule is CN1C2CCC1CN(C(CCN)C(F)(F)F)CC2. The van der Waals surface area contributed by atoms with Crippen molar-refractivity contribution in [1.29, 1.82) is 0 Å². The smallest absolute Gasteiger partial charge is 0.330 e. The summed E-state index contributed by atoms with van der Waals surface area (Å²) in [6.45, 7) is 1.15. The number of rotatable bonds is 3. The Morgan fingerprint density at radius 1 is 1.22 bits per heavy atom. The number of likely N-dealkylation sites (N-methyl/N-ethyl adjacent to an activating group) is 1. The van der Waals surface area contributed by atoms with Crippen molar-refractivity contribution in [3.63, 3.8) is 0 Å². The van der Waals surface area contributed by atoms with Gasteiger partial charge in [-0.25, -0.2) is 0 Å². The minimum atomic E-state index is -4.17. The first-order chi connectivity index (χ1) is 8.43. The highest BCUT2D eigenvalue weighted by Crippen LogP contribution is 2.33. The predicted molar refractivity (Wildman–Crippen MR) is 64.3 cm³/mol. The molecule has 2 N–H and O–H groups in total. The summed E-state index contributed by atoms with van der Waals surface area (Å²) in [5.41, 5.74) is 5.34. The van der Waals surface area contributed by atoms with Gasteiger partial charge in [0.25, 0.3) is 0 Å². The first-order valence-electron chi connectivity index (χ1n) is 6.66. The van der Waals surface area contributed by atoms with Crippen LogP contribution in [0.25, 0.3) is 0 Å². The third-order valence-corrected chi connectivity index (χ3v) is 4.44. The summed E-state index contributed by atoms with van der Waals surface area (Å²) in [7, 11) is 2.04. The van der Waals surface area contributed by atoms with Gasteiger partial charge in [0.05, 0.1) is 0 Å². The maximum atomic E-state index is 13.1. The highest BCUT2D eigenvalue weighted by atomic mass is 19.4. The second kappa shape index (κ2) is 5.35. The summed E-state index contributed by atoms with van der Waals surface area (Å²) in [5.74, 6) is 0. The van der Waals surface area contributed by atoms with Crippen LogP contribution < -0.4 is 5.73 Å². The van der Waals surface area contributed by atoms with E-state index in [2.05, 4.69) is 4.90 Å². The fraction of sp³-hybridized carbons (Fsp3) is 1.00. The first-order valence-corrected chi connectivity index (χ1v) is 6.66. The van der Waals surface area contributed by atoms with Gasteiger partial charge in [0.15, 0.2) is 0 Å². The minimum Gasteiger partial charge on any atom is -0.330 e. The fourth-order valence-corrected chi connectivity index (χ4v) is 3.33. The molecule has 2 saturated heterocycles. The maximum absolute atomic E-state index is 13.1. The average molecular weight is 265 g/mol. The molecule has 2 rings (SSSR count). The van der Waals surface area contributed by atoms with Crippen LogP contribution in [0.4, 0.5) is 13.2 Å². The maximum Gasteiger partial charge on any atom is 0.404 e. The third-order valence-electron chi connectivity index (χ3n) is 4.44. The van der Waals surface area contributed by atoms with Crippen LogP contribution in [0.1, 0.15) is 25.7 Å². The van der Waals surface area contributed by atoms with Gasteiger partial charge in [-0.05, 0) is 39.3 Å². The fourth-order valence-electron chi connectivity index (χ4n) is 3.33. The number of hydrogen-bond donors (Lipinski definition) is 1. The minimum absolute atomic E-state index is 0.00456. The number of alkyl halides is 3. The molecule has 2 heterocycles. The first kappa shape index (κ1) is 14.1. The summed E-state index contributed by atoms with van der Waals surface area (Å²) < 4.78 is 39.2. The van der Waals surface area contributed by atoms with Gasteiger partial charge in [-0.1, -0.05) is 0 Å². The van der Waals surface area contributed by atoms with Crippen LogP contribution in [0.5, 0.6) is 0 Å². The molecule has 106 valence electrons. The van der Waals surface area contributed by atoms with Crippen LogP contribution in [0.15, 0.2) is 0 Å². The van der Waals surface area contributed by atoms with Crippen molar-refractivity contribution >= 4 is 0 Å². The molecule has 0 aromatic heterocycles. The van der Waals surface area contributed by atoms with Gasteiger partial charge >= 0.3 is 6.18 Å². The van der Waals surface area contributed by atoms with Crippen LogP contribution in [0.3, 0.4) is 0 Å². The Bertz CT molecular complexity index is 282. The molecule has 0 spiro atoms. The molecular weight excluding hydrogens is 243 g/mol. The lowest BCUT2D eigenvalue weighted by Crippen LogP contribution is -2.50. The van der Waals surface area contributed by atoms with E-state index in [1.807, 2.05) is 7.05 Å². The summed E-state index contributed by atoms with van der Waals surface area (Å²) in [6, 6.07) is -0.623. The second-order valence-corrected chi connectivity index (χ2v) is 5.47. The van der Waals surface area contributed by atoms with E-state index in [9.17, 15) is 13.2 Å². The van der Waals surface area contributed by atoms with Gasteiger partial charge in [0.2, 0.25) is 0 Å². The second-order valence-electron chi connectivity index (χ2n) is 5.47. The lowest BCUT2D eigenvalue weighted by atomic mass is 10.0. The number of hydrogen-bond acceptors (Lipinski definition) is 3. The average Bonchev–Trinajstić information content (AvgIpc) is 2.50. The number of halogens is 3. The van der Waals surface area contributed by atoms with Gasteiger partial charge in [-0.2, -0.15) is 13.2 Å². The molecule has 0 saturated carbocycles. The van der Waals surface area contributed by atoms with E-state index in [1.165, 1.54) is 0 Å². The van der Waals surface area contributed by atoms with Crippen LogP contribution in [0, 0.1) is 0 Å². The van der Waals surface area contributed by atoms with E-state index < -0.39 is 12.2 Å². The van der Waals surface area contributed by atoms with Crippen LogP contribution in [0.2, 0.25) is 0 Å². The molecule has 2 bridgehead atoms. The van der Waals surface area contributed by atoms with Crippen molar-refractivity contribution < 1.29 is 13.2 Å². The van der Waals surface area contributed by atoms with Crippen LogP contribution >= 0.6 is 0 Å². The van der Waals surface area contributed by atoms with E-state index in [-0.39, 0.29) is 19.0 Å². The molecule has 18 heavy (non-hydrogen) atoms. The van der Waals surface area contributed by atoms with Gasteiger partial charge in [0.1, 0.15) is 6.04 Å². The van der Waals surface area contributed by atoms with Crippen LogP contribution in [-0.2, 0) is 0 Å². The van der Waals surface area contributed by atoms with Gasteiger partial charge in [-0.15, -0.1) is 0 Å². The normalized spacial score (nSPS) is 32.5. The topological polar surface area (TPSA) is 32.5 Å². The number of likely N-dealkylation sites (tertiary alicyclic amines) is 1. The summed E-state index contributed by atoms with van der Waals surface area (Å²) in [4.78, 5) is 3.86. The summed E-state index contributed by atoms with van der Waals surface area (Å²) in [6.07, 6.45) is -1.18. The molecule has 0 aliphatic carbocycles. The van der Waals surface area contributed by atoms with Crippen LogP contribution in [-0.4, -0.2) is 60.8 Å². The molecule has 2 aliphatic heterocycles. The Labute approximate surface area is 106 Å². The molecule has 3 unspecified atom stereocenters. The highest BCUT2D eigenvalue weighted by molar-refractivity contribution is 4.94. The van der Waals surface area contributed by atoms with E-state index in [0.29, 0.717) is 19.1 Å². The molecule has 6 heteroatoms. The van der Waals surface area contributed by atoms with E-state index in [1.54, 1.807) is 4.90 Å². The van der Waals surface area contributed by atoms with Crippen molar-refractivity contribution in [3.05, 3.63) is 0 Å². The lowest BCUT2D eigenvalue weighted by molar-refractivity contribution is -0.185. The summed E-state index contributed by atoms with van der Waals surface area (Å²) >= 11 is 0. The van der Waals surface area contributed by atoms with Crippen molar-refractivity contribution in [2.75, 3.05) is 26.7 Å². The van der Waals surface area contributed by atoms with Gasteiger partial charge in [0, 0.05) is 25.2 Å². The molecule has 2 fully saturated rings. The number of nitrogens with two attached hydrogens (primary N) is 1. The highest BCUT2D eigenvalue weighted by Gasteiger charge is 2.45.